The number of benzene rings is 1. The highest BCUT2D eigenvalue weighted by Gasteiger charge is 2.42. The van der Waals surface area contributed by atoms with Gasteiger partial charge in [-0.05, 0) is 43.4 Å². The van der Waals surface area contributed by atoms with Crippen molar-refractivity contribution in [1.29, 1.82) is 0 Å². The fourth-order valence-corrected chi connectivity index (χ4v) is 5.01. The molecule has 3 rings (SSSR count). The van der Waals surface area contributed by atoms with E-state index >= 15 is 0 Å². The number of unbranched alkanes of at least 4 members (excludes halogenated alkanes) is 2. The van der Waals surface area contributed by atoms with Crippen molar-refractivity contribution >= 4 is 27.3 Å². The zero-order chi connectivity index (χ0) is 17.7. The van der Waals surface area contributed by atoms with Gasteiger partial charge in [-0.1, -0.05) is 61.2 Å². The van der Waals surface area contributed by atoms with Crippen LogP contribution in [-0.2, 0) is 12.0 Å². The van der Waals surface area contributed by atoms with Gasteiger partial charge in [-0.3, -0.25) is 4.99 Å². The van der Waals surface area contributed by atoms with Gasteiger partial charge in [0.2, 0.25) is 0 Å². The van der Waals surface area contributed by atoms with Gasteiger partial charge in [0, 0.05) is 34.1 Å². The van der Waals surface area contributed by atoms with Crippen molar-refractivity contribution in [3.8, 4) is 0 Å². The van der Waals surface area contributed by atoms with Crippen LogP contribution in [0.5, 0.6) is 0 Å². The smallest absolute Gasteiger partial charge is 0.184 e. The third-order valence-electron chi connectivity index (χ3n) is 5.39. The number of aromatic nitrogens is 1. The topological polar surface area (TPSA) is 17.3 Å². The van der Waals surface area contributed by atoms with Crippen LogP contribution >= 0.6 is 27.3 Å². The Morgan fingerprint density at radius 2 is 1.84 bits per heavy atom. The van der Waals surface area contributed by atoms with Crippen LogP contribution in [-0.4, -0.2) is 11.1 Å². The van der Waals surface area contributed by atoms with E-state index in [2.05, 4.69) is 64.0 Å². The van der Waals surface area contributed by atoms with Crippen molar-refractivity contribution in [2.45, 2.75) is 70.8 Å². The zero-order valence-corrected chi connectivity index (χ0v) is 17.8. The molecule has 1 aromatic carbocycles. The second-order valence-electron chi connectivity index (χ2n) is 7.09. The van der Waals surface area contributed by atoms with Crippen molar-refractivity contribution in [2.75, 3.05) is 6.54 Å². The molecule has 0 radical (unpaired) electrons. The molecule has 1 fully saturated rings. The highest BCUT2D eigenvalue weighted by atomic mass is 79.9. The Kier molecular flexibility index (Phi) is 6.56. The van der Waals surface area contributed by atoms with Gasteiger partial charge in [0.15, 0.2) is 4.80 Å². The standard InChI is InChI=1S/C21H29BrN2S/c1-3-5-14-23-20-24(15-6-4-2)19(16-25-20)21(12-7-13-21)17-8-10-18(22)11-9-17/h8-11,16H,3-7,12-15H2,1-2H3/b23-20+. The third kappa shape index (κ3) is 3.95. The van der Waals surface area contributed by atoms with E-state index in [1.54, 1.807) is 0 Å². The Morgan fingerprint density at radius 1 is 1.12 bits per heavy atom. The number of rotatable bonds is 8. The molecule has 1 aliphatic rings. The molecule has 0 amide bonds. The third-order valence-corrected chi connectivity index (χ3v) is 6.82. The molecule has 2 nitrogen and oxygen atoms in total. The van der Waals surface area contributed by atoms with Crippen LogP contribution in [0.15, 0.2) is 39.1 Å². The lowest BCUT2D eigenvalue weighted by molar-refractivity contribution is 0.281. The number of hydrogen-bond donors (Lipinski definition) is 0. The van der Waals surface area contributed by atoms with Crippen LogP contribution in [0.25, 0.3) is 0 Å². The van der Waals surface area contributed by atoms with Gasteiger partial charge < -0.3 is 4.57 Å². The SMILES string of the molecule is CCCC/N=c1/scc(C2(c3ccc(Br)cc3)CCC2)n1CCCC. The van der Waals surface area contributed by atoms with Crippen molar-refractivity contribution in [3.63, 3.8) is 0 Å². The molecule has 0 unspecified atom stereocenters. The molecule has 4 heteroatoms. The quantitative estimate of drug-likeness (QED) is 0.446. The summed E-state index contributed by atoms with van der Waals surface area (Å²) >= 11 is 5.42. The first-order chi connectivity index (χ1) is 12.2. The second-order valence-corrected chi connectivity index (χ2v) is 8.84. The minimum absolute atomic E-state index is 0.198. The van der Waals surface area contributed by atoms with E-state index in [-0.39, 0.29) is 5.41 Å². The predicted octanol–water partition coefficient (Wildman–Crippen LogP) is 6.28. The van der Waals surface area contributed by atoms with E-state index in [0.29, 0.717) is 0 Å². The predicted molar refractivity (Wildman–Crippen MR) is 111 cm³/mol. The molecule has 25 heavy (non-hydrogen) atoms. The van der Waals surface area contributed by atoms with Crippen LogP contribution in [0, 0.1) is 0 Å². The van der Waals surface area contributed by atoms with E-state index in [1.807, 2.05) is 11.3 Å². The molecule has 2 aromatic rings. The second kappa shape index (κ2) is 8.68. The molecular formula is C21H29BrN2S. The van der Waals surface area contributed by atoms with Crippen LogP contribution in [0.3, 0.4) is 0 Å². The van der Waals surface area contributed by atoms with Gasteiger partial charge >= 0.3 is 0 Å². The minimum atomic E-state index is 0.198. The Labute approximate surface area is 164 Å². The summed E-state index contributed by atoms with van der Waals surface area (Å²) in [6.45, 7) is 6.55. The number of hydrogen-bond acceptors (Lipinski definition) is 2. The molecule has 0 bridgehead atoms. The van der Waals surface area contributed by atoms with Crippen molar-refractivity contribution in [1.82, 2.24) is 4.57 Å². The lowest BCUT2D eigenvalue weighted by Crippen LogP contribution is -2.39. The summed E-state index contributed by atoms with van der Waals surface area (Å²) in [7, 11) is 0. The maximum Gasteiger partial charge on any atom is 0.184 e. The largest absolute Gasteiger partial charge is 0.320 e. The molecule has 0 atom stereocenters. The maximum absolute atomic E-state index is 4.92. The lowest BCUT2D eigenvalue weighted by Gasteiger charge is -2.43. The fourth-order valence-electron chi connectivity index (χ4n) is 3.69. The lowest BCUT2D eigenvalue weighted by atomic mass is 9.62. The zero-order valence-electron chi connectivity index (χ0n) is 15.4. The molecule has 1 heterocycles. The van der Waals surface area contributed by atoms with Gasteiger partial charge in [-0.25, -0.2) is 0 Å². The van der Waals surface area contributed by atoms with Crippen LogP contribution < -0.4 is 4.80 Å². The van der Waals surface area contributed by atoms with Gasteiger partial charge in [0.1, 0.15) is 0 Å². The number of thiazole rings is 1. The fraction of sp³-hybridized carbons (Fsp3) is 0.571. The van der Waals surface area contributed by atoms with E-state index in [1.165, 1.54) is 61.0 Å². The highest BCUT2D eigenvalue weighted by molar-refractivity contribution is 9.10. The van der Waals surface area contributed by atoms with Gasteiger partial charge in [-0.15, -0.1) is 11.3 Å². The molecule has 136 valence electrons. The van der Waals surface area contributed by atoms with E-state index in [4.69, 9.17) is 4.99 Å². The summed E-state index contributed by atoms with van der Waals surface area (Å²) in [6, 6.07) is 8.98. The first-order valence-electron chi connectivity index (χ1n) is 9.66. The van der Waals surface area contributed by atoms with Crippen molar-refractivity contribution in [2.24, 2.45) is 4.99 Å². The molecule has 0 aliphatic heterocycles. The van der Waals surface area contributed by atoms with Crippen molar-refractivity contribution in [3.05, 3.63) is 50.2 Å². The maximum atomic E-state index is 4.92. The van der Waals surface area contributed by atoms with Crippen LogP contribution in [0.4, 0.5) is 0 Å². The molecule has 1 saturated carbocycles. The van der Waals surface area contributed by atoms with E-state index < -0.39 is 0 Å². The summed E-state index contributed by atoms with van der Waals surface area (Å²) in [5.74, 6) is 0. The average molecular weight is 421 g/mol. The van der Waals surface area contributed by atoms with Crippen LogP contribution in [0.2, 0.25) is 0 Å². The molecule has 1 aliphatic carbocycles. The first-order valence-corrected chi connectivity index (χ1v) is 11.3. The average Bonchev–Trinajstić information content (AvgIpc) is 2.97. The van der Waals surface area contributed by atoms with E-state index in [9.17, 15) is 0 Å². The Balaban J connectivity index is 2.01. The van der Waals surface area contributed by atoms with Gasteiger partial charge in [0.05, 0.1) is 0 Å². The van der Waals surface area contributed by atoms with Gasteiger partial charge in [-0.2, -0.15) is 0 Å². The summed E-state index contributed by atoms with van der Waals surface area (Å²) in [4.78, 5) is 6.15. The number of nitrogens with zero attached hydrogens (tertiary/aromatic N) is 2. The Morgan fingerprint density at radius 3 is 2.44 bits per heavy atom. The Hall–Kier alpha value is -0.870. The molecular weight excluding hydrogens is 392 g/mol. The summed E-state index contributed by atoms with van der Waals surface area (Å²) in [5.41, 5.74) is 3.16. The monoisotopic (exact) mass is 420 g/mol. The van der Waals surface area contributed by atoms with Crippen molar-refractivity contribution < 1.29 is 0 Å². The van der Waals surface area contributed by atoms with Gasteiger partial charge in [0.25, 0.3) is 0 Å². The normalized spacial score (nSPS) is 16.8. The molecule has 0 N–H and O–H groups in total. The minimum Gasteiger partial charge on any atom is -0.320 e. The van der Waals surface area contributed by atoms with Crippen LogP contribution in [0.1, 0.15) is 70.1 Å². The molecule has 0 spiro atoms. The summed E-state index contributed by atoms with van der Waals surface area (Å²) in [6.07, 6.45) is 8.67. The van der Waals surface area contributed by atoms with E-state index in [0.717, 1.165) is 17.6 Å². The molecule has 1 aromatic heterocycles. The Bertz CT molecular complexity index is 738. The number of halogens is 1. The summed E-state index contributed by atoms with van der Waals surface area (Å²) < 4.78 is 3.69. The highest BCUT2D eigenvalue weighted by Crippen LogP contribution is 2.49. The summed E-state index contributed by atoms with van der Waals surface area (Å²) in [5, 5.41) is 2.39. The first kappa shape index (κ1) is 18.9. The molecule has 0 saturated heterocycles.